The molecule has 0 saturated carbocycles. The van der Waals surface area contributed by atoms with Crippen molar-refractivity contribution < 1.29 is 9.50 Å². The second-order valence-corrected chi connectivity index (χ2v) is 5.75. The summed E-state index contributed by atoms with van der Waals surface area (Å²) in [6.45, 7) is 3.86. The zero-order chi connectivity index (χ0) is 13.7. The first-order valence-electron chi connectivity index (χ1n) is 6.73. The summed E-state index contributed by atoms with van der Waals surface area (Å²) in [4.78, 5) is 2.30. The van der Waals surface area contributed by atoms with Crippen molar-refractivity contribution in [2.45, 2.75) is 18.9 Å². The molecule has 2 N–H and O–H groups in total. The summed E-state index contributed by atoms with van der Waals surface area (Å²) in [5.41, 5.74) is 0.727. The molecule has 2 rings (SSSR count). The number of benzene rings is 1. The molecule has 0 radical (unpaired) electrons. The fraction of sp³-hybridized carbons (Fsp3) is 0.571. The van der Waals surface area contributed by atoms with Gasteiger partial charge in [-0.25, -0.2) is 4.39 Å². The van der Waals surface area contributed by atoms with E-state index < -0.39 is 0 Å². The Hall–Kier alpha value is -0.490. The van der Waals surface area contributed by atoms with Crippen LogP contribution < -0.4 is 5.32 Å². The third kappa shape index (κ3) is 3.99. The molecule has 1 fully saturated rings. The van der Waals surface area contributed by atoms with E-state index in [2.05, 4.69) is 26.1 Å². The Morgan fingerprint density at radius 2 is 2.11 bits per heavy atom. The fourth-order valence-electron chi connectivity index (χ4n) is 2.58. The van der Waals surface area contributed by atoms with Gasteiger partial charge in [-0.15, -0.1) is 0 Å². The predicted molar refractivity (Wildman–Crippen MR) is 77.6 cm³/mol. The van der Waals surface area contributed by atoms with Gasteiger partial charge in [0.05, 0.1) is 0 Å². The van der Waals surface area contributed by atoms with Crippen LogP contribution in [0.2, 0.25) is 0 Å². The van der Waals surface area contributed by atoms with Gasteiger partial charge in [-0.1, -0.05) is 15.9 Å². The second kappa shape index (κ2) is 7.33. The average Bonchev–Trinajstić information content (AvgIpc) is 2.44. The Kier molecular flexibility index (Phi) is 5.76. The van der Waals surface area contributed by atoms with E-state index >= 15 is 0 Å². The molecule has 3 nitrogen and oxygen atoms in total. The molecular weight excluding hydrogens is 311 g/mol. The van der Waals surface area contributed by atoms with Gasteiger partial charge in [0.15, 0.2) is 0 Å². The zero-order valence-electron chi connectivity index (χ0n) is 10.9. The van der Waals surface area contributed by atoms with Crippen molar-refractivity contribution in [1.82, 2.24) is 10.2 Å². The van der Waals surface area contributed by atoms with Crippen molar-refractivity contribution in [1.29, 1.82) is 0 Å². The number of halogens is 2. The molecule has 0 aliphatic carbocycles. The normalized spacial score (nSPS) is 18.5. The highest BCUT2D eigenvalue weighted by Crippen LogP contribution is 2.30. The van der Waals surface area contributed by atoms with Crippen LogP contribution in [0.3, 0.4) is 0 Å². The summed E-state index contributed by atoms with van der Waals surface area (Å²) in [5, 5.41) is 12.4. The van der Waals surface area contributed by atoms with Gasteiger partial charge in [-0.05, 0) is 31.0 Å². The van der Waals surface area contributed by atoms with E-state index in [1.807, 2.05) is 6.07 Å². The van der Waals surface area contributed by atoms with Crippen LogP contribution in [-0.2, 0) is 0 Å². The van der Waals surface area contributed by atoms with Gasteiger partial charge in [0.25, 0.3) is 0 Å². The minimum Gasteiger partial charge on any atom is -0.396 e. The number of hydrogen-bond donors (Lipinski definition) is 2. The van der Waals surface area contributed by atoms with Gasteiger partial charge in [-0.3, -0.25) is 4.90 Å². The first-order chi connectivity index (χ1) is 9.22. The van der Waals surface area contributed by atoms with Crippen molar-refractivity contribution >= 4 is 15.9 Å². The monoisotopic (exact) mass is 330 g/mol. The Bertz CT molecular complexity index is 410. The van der Waals surface area contributed by atoms with Crippen LogP contribution >= 0.6 is 15.9 Å². The van der Waals surface area contributed by atoms with Crippen LogP contribution in [-0.4, -0.2) is 42.8 Å². The molecule has 0 aromatic heterocycles. The summed E-state index contributed by atoms with van der Waals surface area (Å²) in [6, 6.07) is 5.14. The molecule has 1 atom stereocenters. The third-order valence-corrected chi connectivity index (χ3v) is 4.04. The quantitative estimate of drug-likeness (QED) is 0.869. The van der Waals surface area contributed by atoms with Crippen molar-refractivity contribution in [2.24, 2.45) is 0 Å². The Morgan fingerprint density at radius 3 is 2.79 bits per heavy atom. The van der Waals surface area contributed by atoms with Gasteiger partial charge in [0.1, 0.15) is 5.82 Å². The van der Waals surface area contributed by atoms with Crippen molar-refractivity contribution in [3.05, 3.63) is 34.1 Å². The maximum absolute atomic E-state index is 14.1. The summed E-state index contributed by atoms with van der Waals surface area (Å²) in [6.07, 6.45) is 1.48. The van der Waals surface area contributed by atoms with Crippen LogP contribution in [0.1, 0.15) is 24.4 Å². The van der Waals surface area contributed by atoms with E-state index in [-0.39, 0.29) is 18.5 Å². The summed E-state index contributed by atoms with van der Waals surface area (Å²) in [5.74, 6) is -0.162. The number of piperazine rings is 1. The van der Waals surface area contributed by atoms with Crippen LogP contribution in [0.5, 0.6) is 0 Å². The number of nitrogens with one attached hydrogen (secondary N) is 1. The first kappa shape index (κ1) is 14.9. The van der Waals surface area contributed by atoms with E-state index in [0.29, 0.717) is 6.42 Å². The van der Waals surface area contributed by atoms with Gasteiger partial charge >= 0.3 is 0 Å². The SMILES string of the molecule is OCCC[C@H](c1cc(Br)ccc1F)N1CCNCC1. The van der Waals surface area contributed by atoms with E-state index in [0.717, 1.165) is 42.6 Å². The summed E-state index contributed by atoms with van der Waals surface area (Å²) < 4.78 is 15.0. The van der Waals surface area contributed by atoms with Crippen molar-refractivity contribution in [3.63, 3.8) is 0 Å². The van der Waals surface area contributed by atoms with Crippen LogP contribution in [0.25, 0.3) is 0 Å². The molecule has 19 heavy (non-hydrogen) atoms. The lowest BCUT2D eigenvalue weighted by Gasteiger charge is -2.35. The van der Waals surface area contributed by atoms with Crippen molar-refractivity contribution in [3.8, 4) is 0 Å². The molecule has 1 aromatic carbocycles. The number of aliphatic hydroxyl groups excluding tert-OH is 1. The van der Waals surface area contributed by atoms with Gasteiger partial charge < -0.3 is 10.4 Å². The molecule has 1 saturated heterocycles. The Labute approximate surface area is 121 Å². The molecule has 1 aliphatic heterocycles. The molecule has 0 bridgehead atoms. The highest BCUT2D eigenvalue weighted by atomic mass is 79.9. The highest BCUT2D eigenvalue weighted by Gasteiger charge is 2.24. The van der Waals surface area contributed by atoms with Gasteiger partial charge in [0.2, 0.25) is 0 Å². The largest absolute Gasteiger partial charge is 0.396 e. The maximum Gasteiger partial charge on any atom is 0.128 e. The van der Waals surface area contributed by atoms with E-state index in [9.17, 15) is 4.39 Å². The number of rotatable bonds is 5. The average molecular weight is 331 g/mol. The molecule has 1 heterocycles. The van der Waals surface area contributed by atoms with Crippen LogP contribution in [0.15, 0.2) is 22.7 Å². The summed E-state index contributed by atoms with van der Waals surface area (Å²) in [7, 11) is 0. The number of hydrogen-bond acceptors (Lipinski definition) is 3. The van der Waals surface area contributed by atoms with Crippen LogP contribution in [0, 0.1) is 5.82 Å². The van der Waals surface area contributed by atoms with E-state index in [1.165, 1.54) is 6.07 Å². The molecule has 0 unspecified atom stereocenters. The summed E-state index contributed by atoms with van der Waals surface area (Å²) >= 11 is 3.41. The topological polar surface area (TPSA) is 35.5 Å². The number of nitrogens with zero attached hydrogens (tertiary/aromatic N) is 1. The highest BCUT2D eigenvalue weighted by molar-refractivity contribution is 9.10. The Morgan fingerprint density at radius 1 is 1.37 bits per heavy atom. The zero-order valence-corrected chi connectivity index (χ0v) is 12.5. The van der Waals surface area contributed by atoms with Gasteiger partial charge in [0, 0.05) is 48.9 Å². The maximum atomic E-state index is 14.1. The molecule has 0 spiro atoms. The first-order valence-corrected chi connectivity index (χ1v) is 7.52. The lowest BCUT2D eigenvalue weighted by molar-refractivity contribution is 0.151. The van der Waals surface area contributed by atoms with E-state index in [1.54, 1.807) is 6.07 Å². The third-order valence-electron chi connectivity index (χ3n) is 3.55. The smallest absolute Gasteiger partial charge is 0.128 e. The molecule has 0 amide bonds. The standard InChI is InChI=1S/C14H20BrFN2O/c15-11-3-4-13(16)12(10-11)14(2-1-9-19)18-7-5-17-6-8-18/h3-4,10,14,17,19H,1-2,5-9H2/t14-/m1/s1. The van der Waals surface area contributed by atoms with Gasteiger partial charge in [-0.2, -0.15) is 0 Å². The molecule has 1 aliphatic rings. The molecule has 5 heteroatoms. The minimum atomic E-state index is -0.162. The minimum absolute atomic E-state index is 0.0479. The molecule has 1 aromatic rings. The lowest BCUT2D eigenvalue weighted by atomic mass is 9.99. The second-order valence-electron chi connectivity index (χ2n) is 4.83. The number of aliphatic hydroxyl groups is 1. The Balaban J connectivity index is 2.22. The molecular formula is C14H20BrFN2O. The van der Waals surface area contributed by atoms with Crippen molar-refractivity contribution in [2.75, 3.05) is 32.8 Å². The lowest BCUT2D eigenvalue weighted by Crippen LogP contribution is -2.45. The fourth-order valence-corrected chi connectivity index (χ4v) is 2.96. The van der Waals surface area contributed by atoms with E-state index in [4.69, 9.17) is 5.11 Å². The van der Waals surface area contributed by atoms with Crippen LogP contribution in [0.4, 0.5) is 4.39 Å². The predicted octanol–water partition coefficient (Wildman–Crippen LogP) is 2.31. The molecule has 106 valence electrons.